The second kappa shape index (κ2) is 8.83. The second-order valence-electron chi connectivity index (χ2n) is 8.43. The number of anilines is 1. The Kier molecular flexibility index (Phi) is 5.97. The summed E-state index contributed by atoms with van der Waals surface area (Å²) in [5, 5.41) is 12.8. The molecule has 0 fully saturated rings. The summed E-state index contributed by atoms with van der Waals surface area (Å²) in [5.41, 5.74) is 5.09. The molecule has 2 atom stereocenters. The van der Waals surface area contributed by atoms with Crippen LogP contribution in [0.5, 0.6) is 0 Å². The van der Waals surface area contributed by atoms with Crippen molar-refractivity contribution < 1.29 is 14.1 Å². The number of hydrogen-bond donors (Lipinski definition) is 2. The smallest absolute Gasteiger partial charge is 0.280 e. The Morgan fingerprint density at radius 3 is 2.84 bits per heavy atom. The predicted molar refractivity (Wildman–Crippen MR) is 119 cm³/mol. The van der Waals surface area contributed by atoms with Gasteiger partial charge in [-0.15, -0.1) is 0 Å². The molecule has 0 radical (unpaired) electrons. The van der Waals surface area contributed by atoms with Crippen LogP contribution in [0.3, 0.4) is 0 Å². The molecule has 3 aromatic rings. The molecule has 6 nitrogen and oxygen atoms in total. The van der Waals surface area contributed by atoms with E-state index < -0.39 is 0 Å². The highest BCUT2D eigenvalue weighted by molar-refractivity contribution is 5.92. The molecule has 4 rings (SSSR count). The molecule has 6 heteroatoms. The van der Waals surface area contributed by atoms with Gasteiger partial charge in [0.15, 0.2) is 6.54 Å². The molecule has 2 heterocycles. The molecule has 1 amide bonds. The van der Waals surface area contributed by atoms with Crippen molar-refractivity contribution in [2.24, 2.45) is 0 Å². The van der Waals surface area contributed by atoms with Crippen LogP contribution in [0.4, 0.5) is 5.82 Å². The van der Waals surface area contributed by atoms with Crippen LogP contribution in [-0.2, 0) is 17.8 Å². The first-order chi connectivity index (χ1) is 15.0. The minimum atomic E-state index is -0.0877. The molecule has 0 saturated carbocycles. The van der Waals surface area contributed by atoms with Gasteiger partial charge >= 0.3 is 0 Å². The number of amides is 1. The minimum Gasteiger partial charge on any atom is -0.467 e. The lowest BCUT2D eigenvalue weighted by Gasteiger charge is -2.30. The summed E-state index contributed by atoms with van der Waals surface area (Å²) in [6.45, 7) is 4.69. The number of carbonyl (C=O) groups is 1. The van der Waals surface area contributed by atoms with Crippen molar-refractivity contribution in [3.8, 4) is 6.07 Å². The molecule has 1 aliphatic carbocycles. The first-order valence-corrected chi connectivity index (χ1v) is 10.8. The Morgan fingerprint density at radius 2 is 2.10 bits per heavy atom. The number of quaternary nitrogens is 1. The molecular formula is C25H29N4O2+. The van der Waals surface area contributed by atoms with Crippen LogP contribution in [0.15, 0.2) is 47.1 Å². The molecule has 1 aliphatic rings. The van der Waals surface area contributed by atoms with E-state index in [0.717, 1.165) is 36.3 Å². The molecule has 2 N–H and O–H groups in total. The first kappa shape index (κ1) is 21.0. The fraction of sp³-hybridized carbons (Fsp3) is 0.360. The van der Waals surface area contributed by atoms with E-state index in [9.17, 15) is 10.1 Å². The van der Waals surface area contributed by atoms with Gasteiger partial charge in [0.2, 0.25) is 0 Å². The number of rotatable bonds is 6. The van der Waals surface area contributed by atoms with Gasteiger partial charge in [-0.05, 0) is 49.9 Å². The Bertz CT molecular complexity index is 1120. The van der Waals surface area contributed by atoms with Crippen LogP contribution < -0.4 is 10.2 Å². The van der Waals surface area contributed by atoms with Gasteiger partial charge in [0.1, 0.15) is 23.7 Å². The van der Waals surface area contributed by atoms with Crippen molar-refractivity contribution in [1.82, 2.24) is 4.57 Å². The highest BCUT2D eigenvalue weighted by Gasteiger charge is 2.29. The van der Waals surface area contributed by atoms with Crippen LogP contribution in [0.1, 0.15) is 52.6 Å². The number of nitrogens with zero attached hydrogens (tertiary/aromatic N) is 2. The van der Waals surface area contributed by atoms with Crippen molar-refractivity contribution in [2.45, 2.75) is 45.7 Å². The van der Waals surface area contributed by atoms with E-state index in [2.05, 4.69) is 42.7 Å². The normalized spacial score (nSPS) is 16.4. The zero-order valence-corrected chi connectivity index (χ0v) is 18.4. The topological polar surface area (TPSA) is 75.4 Å². The van der Waals surface area contributed by atoms with Crippen molar-refractivity contribution in [3.05, 3.63) is 76.4 Å². The fourth-order valence-electron chi connectivity index (χ4n) is 4.70. The average molecular weight is 418 g/mol. The van der Waals surface area contributed by atoms with Gasteiger partial charge in [0.25, 0.3) is 5.91 Å². The number of carbonyl (C=O) groups excluding carboxylic acids is 1. The SMILES string of the molecule is Cc1c(C#N)c(NC(=O)C[NH+](C)[C@H]2CCCc3ccccc32)n(Cc2ccco2)c1C. The molecule has 1 unspecified atom stereocenters. The number of nitriles is 1. The number of aryl methyl sites for hydroxylation is 1. The zero-order valence-electron chi connectivity index (χ0n) is 18.4. The van der Waals surface area contributed by atoms with Gasteiger partial charge in [-0.3, -0.25) is 4.79 Å². The summed E-state index contributed by atoms with van der Waals surface area (Å²) in [4.78, 5) is 14.2. The van der Waals surface area contributed by atoms with E-state index in [-0.39, 0.29) is 5.91 Å². The minimum absolute atomic E-state index is 0.0877. The number of benzene rings is 1. The molecule has 0 aliphatic heterocycles. The summed E-state index contributed by atoms with van der Waals surface area (Å²) >= 11 is 0. The molecule has 2 aromatic heterocycles. The van der Waals surface area contributed by atoms with Crippen molar-refractivity contribution in [3.63, 3.8) is 0 Å². The summed E-state index contributed by atoms with van der Waals surface area (Å²) in [5.74, 6) is 1.24. The highest BCUT2D eigenvalue weighted by Crippen LogP contribution is 2.28. The Balaban J connectivity index is 1.54. The molecule has 0 bridgehead atoms. The third-order valence-corrected chi connectivity index (χ3v) is 6.50. The van der Waals surface area contributed by atoms with Crippen molar-refractivity contribution in [1.29, 1.82) is 5.26 Å². The first-order valence-electron chi connectivity index (χ1n) is 10.8. The lowest BCUT2D eigenvalue weighted by molar-refractivity contribution is -0.905. The Hall–Kier alpha value is -3.30. The zero-order chi connectivity index (χ0) is 22.0. The van der Waals surface area contributed by atoms with Crippen LogP contribution >= 0.6 is 0 Å². The summed E-state index contributed by atoms with van der Waals surface area (Å²) in [6.07, 6.45) is 4.96. The number of nitrogens with one attached hydrogen (secondary N) is 2. The highest BCUT2D eigenvalue weighted by atomic mass is 16.3. The Morgan fingerprint density at radius 1 is 1.29 bits per heavy atom. The van der Waals surface area contributed by atoms with E-state index in [4.69, 9.17) is 4.42 Å². The maximum atomic E-state index is 13.0. The van der Waals surface area contributed by atoms with Gasteiger partial charge in [0.05, 0.1) is 25.4 Å². The van der Waals surface area contributed by atoms with Crippen LogP contribution in [0.2, 0.25) is 0 Å². The van der Waals surface area contributed by atoms with E-state index in [0.29, 0.717) is 30.5 Å². The van der Waals surface area contributed by atoms with Crippen molar-refractivity contribution >= 4 is 11.7 Å². The maximum Gasteiger partial charge on any atom is 0.280 e. The predicted octanol–water partition coefficient (Wildman–Crippen LogP) is 3.15. The largest absolute Gasteiger partial charge is 0.467 e. The summed E-state index contributed by atoms with van der Waals surface area (Å²) < 4.78 is 7.45. The lowest BCUT2D eigenvalue weighted by atomic mass is 9.87. The summed E-state index contributed by atoms with van der Waals surface area (Å²) in [6, 6.07) is 14.9. The molecule has 160 valence electrons. The number of hydrogen-bond acceptors (Lipinski definition) is 3. The molecular weight excluding hydrogens is 388 g/mol. The average Bonchev–Trinajstić information content (AvgIpc) is 3.36. The van der Waals surface area contributed by atoms with E-state index >= 15 is 0 Å². The standard InChI is InChI=1S/C25H28N4O2/c1-17-18(2)29(15-20-10-7-13-31-20)25(22(17)14-26)27-24(30)16-28(3)23-12-6-9-19-8-4-5-11-21(19)23/h4-5,7-8,10-11,13,23H,6,9,12,15-16H2,1-3H3,(H,27,30)/p+1/t23-/m0/s1. The lowest BCUT2D eigenvalue weighted by Crippen LogP contribution is -3.10. The van der Waals surface area contributed by atoms with Gasteiger partial charge < -0.3 is 19.2 Å². The second-order valence-corrected chi connectivity index (χ2v) is 8.43. The number of fused-ring (bicyclic) bond motifs is 1. The van der Waals surface area contributed by atoms with Crippen LogP contribution in [0.25, 0.3) is 0 Å². The molecule has 0 spiro atoms. The molecule has 1 aromatic carbocycles. The number of aromatic nitrogens is 1. The fourth-order valence-corrected chi connectivity index (χ4v) is 4.70. The van der Waals surface area contributed by atoms with Gasteiger partial charge in [0, 0.05) is 17.7 Å². The van der Waals surface area contributed by atoms with Gasteiger partial charge in [-0.1, -0.05) is 24.3 Å². The van der Waals surface area contributed by atoms with Gasteiger partial charge in [-0.2, -0.15) is 5.26 Å². The Labute approximate surface area is 183 Å². The van der Waals surface area contributed by atoms with E-state index in [1.54, 1.807) is 6.26 Å². The van der Waals surface area contributed by atoms with E-state index in [1.165, 1.54) is 16.0 Å². The van der Waals surface area contributed by atoms with Crippen LogP contribution in [-0.4, -0.2) is 24.1 Å². The van der Waals surface area contributed by atoms with Crippen LogP contribution in [0, 0.1) is 25.2 Å². The third-order valence-electron chi connectivity index (χ3n) is 6.50. The molecule has 0 saturated heterocycles. The maximum absolute atomic E-state index is 13.0. The van der Waals surface area contributed by atoms with Gasteiger partial charge in [-0.25, -0.2) is 0 Å². The monoisotopic (exact) mass is 417 g/mol. The summed E-state index contributed by atoms with van der Waals surface area (Å²) in [7, 11) is 2.08. The number of furan rings is 1. The number of likely N-dealkylation sites (N-methyl/N-ethyl adjacent to an activating group) is 1. The molecule has 31 heavy (non-hydrogen) atoms. The third kappa shape index (κ3) is 4.14. The quantitative estimate of drug-likeness (QED) is 0.647. The van der Waals surface area contributed by atoms with E-state index in [1.807, 2.05) is 30.5 Å². The van der Waals surface area contributed by atoms with Crippen molar-refractivity contribution in [2.75, 3.05) is 18.9 Å².